The van der Waals surface area contributed by atoms with Gasteiger partial charge in [-0.3, -0.25) is 4.90 Å². The molecule has 0 bridgehead atoms. The first-order valence-electron chi connectivity index (χ1n) is 7.21. The molecule has 0 spiro atoms. The lowest BCUT2D eigenvalue weighted by molar-refractivity contribution is 0.127. The van der Waals surface area contributed by atoms with Crippen molar-refractivity contribution in [3.63, 3.8) is 0 Å². The topological polar surface area (TPSA) is 39.5 Å². The van der Waals surface area contributed by atoms with Crippen molar-refractivity contribution in [1.82, 2.24) is 9.80 Å². The summed E-state index contributed by atoms with van der Waals surface area (Å²) in [5, 5.41) is 9.01. The molecule has 1 aromatic rings. The van der Waals surface area contributed by atoms with Crippen LogP contribution < -0.4 is 4.74 Å². The molecular formula is C16H23N3O. The van der Waals surface area contributed by atoms with Gasteiger partial charge in [-0.2, -0.15) is 5.26 Å². The van der Waals surface area contributed by atoms with E-state index in [1.54, 1.807) is 6.07 Å². The summed E-state index contributed by atoms with van der Waals surface area (Å²) in [4.78, 5) is 4.76. The fourth-order valence-corrected chi connectivity index (χ4v) is 2.60. The highest BCUT2D eigenvalue weighted by Gasteiger charge is 2.20. The predicted molar refractivity (Wildman–Crippen MR) is 79.8 cm³/mol. The minimum Gasteiger partial charge on any atom is -0.491 e. The smallest absolute Gasteiger partial charge is 0.137 e. The average Bonchev–Trinajstić information content (AvgIpc) is 2.48. The molecule has 4 nitrogen and oxygen atoms in total. The Bertz CT molecular complexity index is 461. The Labute approximate surface area is 121 Å². The van der Waals surface area contributed by atoms with Crippen LogP contribution in [0.25, 0.3) is 0 Å². The number of rotatable bonds is 5. The Morgan fingerprint density at radius 2 is 2.05 bits per heavy atom. The highest BCUT2D eigenvalue weighted by Crippen LogP contribution is 2.17. The van der Waals surface area contributed by atoms with Gasteiger partial charge in [0.1, 0.15) is 18.4 Å². The molecular weight excluding hydrogens is 250 g/mol. The van der Waals surface area contributed by atoms with Crippen molar-refractivity contribution in [1.29, 1.82) is 5.26 Å². The molecule has 1 aliphatic rings. The summed E-state index contributed by atoms with van der Waals surface area (Å²) >= 11 is 0. The van der Waals surface area contributed by atoms with E-state index in [0.29, 0.717) is 24.0 Å². The number of hydrogen-bond acceptors (Lipinski definition) is 4. The lowest BCUT2D eigenvalue weighted by Crippen LogP contribution is -2.43. The number of ether oxygens (including phenoxy) is 1. The van der Waals surface area contributed by atoms with E-state index in [-0.39, 0.29) is 0 Å². The van der Waals surface area contributed by atoms with Gasteiger partial charge in [0.25, 0.3) is 0 Å². The molecule has 0 amide bonds. The predicted octanol–water partition coefficient (Wildman–Crippen LogP) is 1.96. The summed E-state index contributed by atoms with van der Waals surface area (Å²) in [5.41, 5.74) is 0.606. The molecule has 1 aliphatic heterocycles. The largest absolute Gasteiger partial charge is 0.491 e. The summed E-state index contributed by atoms with van der Waals surface area (Å²) in [6.45, 7) is 3.87. The zero-order valence-corrected chi connectivity index (χ0v) is 12.4. The van der Waals surface area contributed by atoms with Crippen LogP contribution in [0.3, 0.4) is 0 Å². The molecule has 0 aliphatic carbocycles. The summed E-state index contributed by atoms with van der Waals surface area (Å²) in [5.74, 6) is 0.687. The van der Waals surface area contributed by atoms with E-state index in [1.165, 1.54) is 25.9 Å². The summed E-state index contributed by atoms with van der Waals surface area (Å²) < 4.78 is 5.74. The van der Waals surface area contributed by atoms with E-state index in [9.17, 15) is 0 Å². The van der Waals surface area contributed by atoms with E-state index in [1.807, 2.05) is 18.2 Å². The first-order valence-corrected chi connectivity index (χ1v) is 7.21. The molecule has 0 N–H and O–H groups in total. The van der Waals surface area contributed by atoms with E-state index in [4.69, 9.17) is 10.00 Å². The third kappa shape index (κ3) is 3.96. The van der Waals surface area contributed by atoms with E-state index in [2.05, 4.69) is 30.0 Å². The van der Waals surface area contributed by atoms with Crippen molar-refractivity contribution in [3.8, 4) is 11.8 Å². The molecule has 0 radical (unpaired) electrons. The number of likely N-dealkylation sites (N-methyl/N-ethyl adjacent to an activating group) is 1. The SMILES string of the molecule is CN1CCC(N(C)CCOc2ccccc2C#N)CC1. The lowest BCUT2D eigenvalue weighted by Gasteiger charge is -2.35. The monoisotopic (exact) mass is 273 g/mol. The summed E-state index contributed by atoms with van der Waals surface area (Å²) in [6, 6.07) is 10.2. The molecule has 108 valence electrons. The molecule has 2 rings (SSSR count). The summed E-state index contributed by atoms with van der Waals surface area (Å²) in [6.07, 6.45) is 2.45. The van der Waals surface area contributed by atoms with Gasteiger partial charge in [0.15, 0.2) is 0 Å². The second-order valence-electron chi connectivity index (χ2n) is 5.47. The van der Waals surface area contributed by atoms with Crippen LogP contribution in [0.2, 0.25) is 0 Å². The van der Waals surface area contributed by atoms with Gasteiger partial charge in [-0.1, -0.05) is 12.1 Å². The third-order valence-corrected chi connectivity index (χ3v) is 4.02. The number of likely N-dealkylation sites (tertiary alicyclic amines) is 1. The number of nitriles is 1. The van der Waals surface area contributed by atoms with Crippen LogP contribution in [-0.2, 0) is 0 Å². The van der Waals surface area contributed by atoms with Crippen LogP contribution in [0, 0.1) is 11.3 Å². The van der Waals surface area contributed by atoms with Gasteiger partial charge in [-0.15, -0.1) is 0 Å². The second kappa shape index (κ2) is 7.28. The van der Waals surface area contributed by atoms with Crippen LogP contribution in [0.5, 0.6) is 5.75 Å². The Hall–Kier alpha value is -1.57. The van der Waals surface area contributed by atoms with Crippen molar-refractivity contribution in [2.45, 2.75) is 18.9 Å². The molecule has 0 unspecified atom stereocenters. The lowest BCUT2D eigenvalue weighted by atomic mass is 10.0. The standard InChI is InChI=1S/C16H23N3O/c1-18-9-7-15(8-10-18)19(2)11-12-20-16-6-4-3-5-14(16)13-17/h3-6,15H,7-12H2,1-2H3. The molecule has 0 aromatic heterocycles. The van der Waals surface area contributed by atoms with Gasteiger partial charge in [0.05, 0.1) is 5.56 Å². The molecule has 4 heteroatoms. The van der Waals surface area contributed by atoms with Crippen LogP contribution in [0.1, 0.15) is 18.4 Å². The fraction of sp³-hybridized carbons (Fsp3) is 0.562. The van der Waals surface area contributed by atoms with Crippen molar-refractivity contribution in [2.75, 3.05) is 40.3 Å². The number of piperidine rings is 1. The Morgan fingerprint density at radius 3 is 2.75 bits per heavy atom. The van der Waals surface area contributed by atoms with Crippen molar-refractivity contribution in [2.24, 2.45) is 0 Å². The van der Waals surface area contributed by atoms with Crippen LogP contribution in [-0.4, -0.2) is 56.2 Å². The number of para-hydroxylation sites is 1. The zero-order chi connectivity index (χ0) is 14.4. The normalized spacial score (nSPS) is 17.1. The third-order valence-electron chi connectivity index (χ3n) is 4.02. The van der Waals surface area contributed by atoms with Gasteiger partial charge in [-0.25, -0.2) is 0 Å². The van der Waals surface area contributed by atoms with Gasteiger partial charge in [0, 0.05) is 12.6 Å². The van der Waals surface area contributed by atoms with Crippen LogP contribution >= 0.6 is 0 Å². The highest BCUT2D eigenvalue weighted by molar-refractivity contribution is 5.42. The van der Waals surface area contributed by atoms with Crippen molar-refractivity contribution in [3.05, 3.63) is 29.8 Å². The van der Waals surface area contributed by atoms with Crippen molar-refractivity contribution >= 4 is 0 Å². The van der Waals surface area contributed by atoms with E-state index < -0.39 is 0 Å². The minimum absolute atomic E-state index is 0.606. The molecule has 1 fully saturated rings. The zero-order valence-electron chi connectivity index (χ0n) is 12.4. The maximum Gasteiger partial charge on any atom is 0.137 e. The first kappa shape index (κ1) is 14.8. The number of hydrogen-bond donors (Lipinski definition) is 0. The average molecular weight is 273 g/mol. The Kier molecular flexibility index (Phi) is 5.40. The second-order valence-corrected chi connectivity index (χ2v) is 5.47. The Balaban J connectivity index is 1.77. The quantitative estimate of drug-likeness (QED) is 0.822. The molecule has 1 heterocycles. The van der Waals surface area contributed by atoms with Gasteiger partial charge in [0.2, 0.25) is 0 Å². The van der Waals surface area contributed by atoms with Crippen LogP contribution in [0.15, 0.2) is 24.3 Å². The minimum atomic E-state index is 0.606. The number of benzene rings is 1. The van der Waals surface area contributed by atoms with Gasteiger partial charge in [-0.05, 0) is 52.2 Å². The maximum absolute atomic E-state index is 9.01. The highest BCUT2D eigenvalue weighted by atomic mass is 16.5. The first-order chi connectivity index (χ1) is 9.70. The summed E-state index contributed by atoms with van der Waals surface area (Å²) in [7, 11) is 4.34. The molecule has 0 atom stereocenters. The van der Waals surface area contributed by atoms with Crippen molar-refractivity contribution < 1.29 is 4.74 Å². The molecule has 1 aromatic carbocycles. The van der Waals surface area contributed by atoms with Gasteiger partial charge < -0.3 is 9.64 Å². The maximum atomic E-state index is 9.01. The molecule has 0 saturated carbocycles. The fourth-order valence-electron chi connectivity index (χ4n) is 2.60. The van der Waals surface area contributed by atoms with Gasteiger partial charge >= 0.3 is 0 Å². The Morgan fingerprint density at radius 1 is 1.35 bits per heavy atom. The molecule has 20 heavy (non-hydrogen) atoms. The number of nitrogens with zero attached hydrogens (tertiary/aromatic N) is 3. The van der Waals surface area contributed by atoms with E-state index >= 15 is 0 Å². The van der Waals surface area contributed by atoms with Crippen LogP contribution in [0.4, 0.5) is 0 Å². The van der Waals surface area contributed by atoms with E-state index in [0.717, 1.165) is 6.54 Å². The molecule has 1 saturated heterocycles.